The molecule has 1 aromatic rings. The predicted octanol–water partition coefficient (Wildman–Crippen LogP) is 1.79. The molecule has 1 aliphatic carbocycles. The van der Waals surface area contributed by atoms with Gasteiger partial charge in [-0.05, 0) is 52.0 Å². The van der Waals surface area contributed by atoms with Crippen LogP contribution in [0.2, 0.25) is 0 Å². The second kappa shape index (κ2) is 7.99. The third kappa shape index (κ3) is 4.60. The van der Waals surface area contributed by atoms with Gasteiger partial charge in [0.2, 0.25) is 5.91 Å². The Labute approximate surface area is 148 Å². The zero-order chi connectivity index (χ0) is 17.8. The molecule has 1 aromatic heterocycles. The SMILES string of the molecule is C[C@@H]1C[C@@H](NC(=O)c2cc(C3CC3)on2)CCN1C(=O)CCCCN. The van der Waals surface area contributed by atoms with Gasteiger partial charge < -0.3 is 20.5 Å². The lowest BCUT2D eigenvalue weighted by molar-refractivity contribution is -0.134. The molecule has 3 N–H and O–H groups in total. The quantitative estimate of drug-likeness (QED) is 0.732. The van der Waals surface area contributed by atoms with Crippen LogP contribution in [0.4, 0.5) is 0 Å². The van der Waals surface area contributed by atoms with Crippen LogP contribution in [0.15, 0.2) is 10.6 Å². The molecule has 0 radical (unpaired) electrons. The van der Waals surface area contributed by atoms with E-state index >= 15 is 0 Å². The van der Waals surface area contributed by atoms with Gasteiger partial charge in [0.15, 0.2) is 5.69 Å². The van der Waals surface area contributed by atoms with E-state index in [4.69, 9.17) is 10.3 Å². The largest absolute Gasteiger partial charge is 0.360 e. The Bertz CT molecular complexity index is 611. The van der Waals surface area contributed by atoms with Gasteiger partial charge in [0, 0.05) is 37.0 Å². The summed E-state index contributed by atoms with van der Waals surface area (Å²) < 4.78 is 5.24. The first-order valence-corrected chi connectivity index (χ1v) is 9.35. The summed E-state index contributed by atoms with van der Waals surface area (Å²) in [7, 11) is 0. The lowest BCUT2D eigenvalue weighted by Gasteiger charge is -2.38. The van der Waals surface area contributed by atoms with E-state index in [0.29, 0.717) is 31.1 Å². The normalized spacial score (nSPS) is 23.5. The highest BCUT2D eigenvalue weighted by Gasteiger charge is 2.31. The van der Waals surface area contributed by atoms with Crippen LogP contribution in [-0.2, 0) is 4.79 Å². The van der Waals surface area contributed by atoms with Crippen molar-refractivity contribution in [2.24, 2.45) is 5.73 Å². The first-order valence-electron chi connectivity index (χ1n) is 9.35. The fourth-order valence-corrected chi connectivity index (χ4v) is 3.45. The summed E-state index contributed by atoms with van der Waals surface area (Å²) in [6.07, 6.45) is 6.05. The monoisotopic (exact) mass is 348 g/mol. The average Bonchev–Trinajstić information content (AvgIpc) is 3.32. The highest BCUT2D eigenvalue weighted by Crippen LogP contribution is 2.40. The summed E-state index contributed by atoms with van der Waals surface area (Å²) in [5.41, 5.74) is 5.83. The smallest absolute Gasteiger partial charge is 0.273 e. The molecule has 2 aliphatic rings. The number of nitrogens with two attached hydrogens (primary N) is 1. The highest BCUT2D eigenvalue weighted by atomic mass is 16.5. The van der Waals surface area contributed by atoms with Gasteiger partial charge in [0.1, 0.15) is 5.76 Å². The fraction of sp³-hybridized carbons (Fsp3) is 0.722. The summed E-state index contributed by atoms with van der Waals surface area (Å²) in [4.78, 5) is 26.6. The molecule has 0 unspecified atom stereocenters. The number of hydrogen-bond donors (Lipinski definition) is 2. The van der Waals surface area contributed by atoms with Crippen molar-refractivity contribution in [3.63, 3.8) is 0 Å². The summed E-state index contributed by atoms with van der Waals surface area (Å²) in [6.45, 7) is 3.35. The second-order valence-electron chi connectivity index (χ2n) is 7.27. The minimum absolute atomic E-state index is 0.0664. The van der Waals surface area contributed by atoms with Crippen molar-refractivity contribution in [2.45, 2.75) is 69.9 Å². The molecule has 0 bridgehead atoms. The molecule has 25 heavy (non-hydrogen) atoms. The van der Waals surface area contributed by atoms with Crippen molar-refractivity contribution in [3.8, 4) is 0 Å². The summed E-state index contributed by atoms with van der Waals surface area (Å²) in [5.74, 6) is 1.27. The van der Waals surface area contributed by atoms with Crippen LogP contribution in [0.3, 0.4) is 0 Å². The molecule has 138 valence electrons. The van der Waals surface area contributed by atoms with Crippen LogP contribution < -0.4 is 11.1 Å². The van der Waals surface area contributed by atoms with Crippen molar-refractivity contribution >= 4 is 11.8 Å². The summed E-state index contributed by atoms with van der Waals surface area (Å²) in [5, 5.41) is 6.92. The van der Waals surface area contributed by atoms with Gasteiger partial charge in [-0.1, -0.05) is 5.16 Å². The number of rotatable bonds is 7. The molecule has 7 nitrogen and oxygen atoms in total. The van der Waals surface area contributed by atoms with E-state index in [0.717, 1.165) is 44.3 Å². The van der Waals surface area contributed by atoms with Gasteiger partial charge in [-0.15, -0.1) is 0 Å². The van der Waals surface area contributed by atoms with E-state index in [9.17, 15) is 9.59 Å². The Hall–Kier alpha value is -1.89. The number of aromatic nitrogens is 1. The third-order valence-electron chi connectivity index (χ3n) is 5.12. The molecule has 1 saturated carbocycles. The molecule has 3 rings (SSSR count). The molecule has 0 spiro atoms. The average molecular weight is 348 g/mol. The van der Waals surface area contributed by atoms with E-state index in [1.165, 1.54) is 0 Å². The van der Waals surface area contributed by atoms with Gasteiger partial charge in [0.05, 0.1) is 0 Å². The molecule has 1 aliphatic heterocycles. The van der Waals surface area contributed by atoms with Gasteiger partial charge in [-0.2, -0.15) is 0 Å². The maximum Gasteiger partial charge on any atom is 0.273 e. The van der Waals surface area contributed by atoms with Crippen LogP contribution >= 0.6 is 0 Å². The first kappa shape index (κ1) is 17.9. The first-order chi connectivity index (χ1) is 12.1. The highest BCUT2D eigenvalue weighted by molar-refractivity contribution is 5.92. The number of nitrogens with one attached hydrogen (secondary N) is 1. The van der Waals surface area contributed by atoms with Crippen LogP contribution in [0.5, 0.6) is 0 Å². The number of piperidine rings is 1. The summed E-state index contributed by atoms with van der Waals surface area (Å²) >= 11 is 0. The Morgan fingerprint density at radius 3 is 2.84 bits per heavy atom. The number of carbonyl (C=O) groups is 2. The van der Waals surface area contributed by atoms with Crippen LogP contribution in [0, 0.1) is 0 Å². The molecule has 2 atom stereocenters. The van der Waals surface area contributed by atoms with Crippen molar-refractivity contribution in [1.29, 1.82) is 0 Å². The molecule has 0 aromatic carbocycles. The minimum atomic E-state index is -0.185. The molecule has 7 heteroatoms. The van der Waals surface area contributed by atoms with Crippen molar-refractivity contribution in [1.82, 2.24) is 15.4 Å². The number of hydrogen-bond acceptors (Lipinski definition) is 5. The van der Waals surface area contributed by atoms with Gasteiger partial charge >= 0.3 is 0 Å². The molecule has 2 fully saturated rings. The van der Waals surface area contributed by atoms with E-state index in [-0.39, 0.29) is 23.9 Å². The van der Waals surface area contributed by atoms with Crippen LogP contribution in [0.25, 0.3) is 0 Å². The van der Waals surface area contributed by atoms with Gasteiger partial charge in [-0.3, -0.25) is 9.59 Å². The maximum absolute atomic E-state index is 12.3. The number of likely N-dealkylation sites (tertiary alicyclic amines) is 1. The molecule has 1 saturated heterocycles. The number of nitrogens with zero attached hydrogens (tertiary/aromatic N) is 2. The predicted molar refractivity (Wildman–Crippen MR) is 93.0 cm³/mol. The molecule has 2 heterocycles. The Balaban J connectivity index is 1.47. The van der Waals surface area contributed by atoms with Crippen molar-refractivity contribution in [3.05, 3.63) is 17.5 Å². The molecule has 2 amide bonds. The van der Waals surface area contributed by atoms with Crippen molar-refractivity contribution < 1.29 is 14.1 Å². The van der Waals surface area contributed by atoms with Crippen LogP contribution in [-0.4, -0.2) is 47.0 Å². The van der Waals surface area contributed by atoms with Gasteiger partial charge in [0.25, 0.3) is 5.91 Å². The van der Waals surface area contributed by atoms with E-state index in [1.807, 2.05) is 11.8 Å². The number of carbonyl (C=O) groups excluding carboxylic acids is 2. The fourth-order valence-electron chi connectivity index (χ4n) is 3.45. The topological polar surface area (TPSA) is 101 Å². The van der Waals surface area contributed by atoms with Crippen molar-refractivity contribution in [2.75, 3.05) is 13.1 Å². The Morgan fingerprint density at radius 1 is 1.36 bits per heavy atom. The Morgan fingerprint density at radius 2 is 2.16 bits per heavy atom. The molecular weight excluding hydrogens is 320 g/mol. The standard InChI is InChI=1S/C18H28N4O3/c1-12-10-14(7-9-22(12)17(23)4-2-3-8-19)20-18(24)15-11-16(25-21-15)13-5-6-13/h11-14H,2-10,19H2,1H3,(H,20,24)/t12-,14+/m1/s1. The lowest BCUT2D eigenvalue weighted by atomic mass is 9.97. The summed E-state index contributed by atoms with van der Waals surface area (Å²) in [6, 6.07) is 1.95. The van der Waals surface area contributed by atoms with Crippen LogP contribution in [0.1, 0.15) is 74.0 Å². The second-order valence-corrected chi connectivity index (χ2v) is 7.27. The van der Waals surface area contributed by atoms with Gasteiger partial charge in [-0.25, -0.2) is 0 Å². The van der Waals surface area contributed by atoms with E-state index < -0.39 is 0 Å². The van der Waals surface area contributed by atoms with E-state index in [2.05, 4.69) is 10.5 Å². The number of amides is 2. The Kier molecular flexibility index (Phi) is 5.73. The zero-order valence-electron chi connectivity index (χ0n) is 14.9. The minimum Gasteiger partial charge on any atom is -0.360 e. The number of unbranched alkanes of at least 4 members (excludes halogenated alkanes) is 1. The molecular formula is C18H28N4O3. The third-order valence-corrected chi connectivity index (χ3v) is 5.12. The lowest BCUT2D eigenvalue weighted by Crippen LogP contribution is -2.50. The zero-order valence-corrected chi connectivity index (χ0v) is 14.9. The van der Waals surface area contributed by atoms with E-state index in [1.54, 1.807) is 6.07 Å². The maximum atomic E-state index is 12.3.